The molecular weight excluding hydrogens is 337 g/mol. The van der Waals surface area contributed by atoms with E-state index in [1.807, 2.05) is 12.1 Å². The van der Waals surface area contributed by atoms with Gasteiger partial charge < -0.3 is 9.73 Å². The minimum Gasteiger partial charge on any atom is -0.454 e. The standard InChI is InChI=1S/C15H18INO/c1-11(2)13-5-3-12(4-6-13)9-17-10-14-7-8-15(16)18-14/h3-8,11,17H,9-10H2,1-2H3. The van der Waals surface area contributed by atoms with E-state index in [1.54, 1.807) is 0 Å². The molecule has 2 nitrogen and oxygen atoms in total. The van der Waals surface area contributed by atoms with Gasteiger partial charge in [-0.1, -0.05) is 38.1 Å². The predicted octanol–water partition coefficient (Wildman–Crippen LogP) is 4.30. The van der Waals surface area contributed by atoms with Crippen LogP contribution in [-0.2, 0) is 13.1 Å². The first-order valence-electron chi connectivity index (χ1n) is 6.19. The van der Waals surface area contributed by atoms with Gasteiger partial charge in [-0.25, -0.2) is 0 Å². The Kier molecular flexibility index (Phi) is 4.83. The minimum atomic E-state index is 0.595. The molecule has 18 heavy (non-hydrogen) atoms. The van der Waals surface area contributed by atoms with Crippen LogP contribution in [0.4, 0.5) is 0 Å². The molecular formula is C15H18INO. The molecule has 0 bridgehead atoms. The van der Waals surface area contributed by atoms with Gasteiger partial charge in [-0.15, -0.1) is 0 Å². The summed E-state index contributed by atoms with van der Waals surface area (Å²) in [4.78, 5) is 0. The number of furan rings is 1. The Bertz CT molecular complexity index is 487. The lowest BCUT2D eigenvalue weighted by Gasteiger charge is -2.07. The van der Waals surface area contributed by atoms with Crippen LogP contribution in [0.3, 0.4) is 0 Å². The Hall–Kier alpha value is -0.810. The zero-order chi connectivity index (χ0) is 13.0. The molecule has 2 rings (SSSR count). The van der Waals surface area contributed by atoms with Gasteiger partial charge in [0.15, 0.2) is 3.77 Å². The lowest BCUT2D eigenvalue weighted by molar-refractivity contribution is 0.463. The number of hydrogen-bond donors (Lipinski definition) is 1. The molecule has 0 saturated heterocycles. The van der Waals surface area contributed by atoms with E-state index in [4.69, 9.17) is 4.42 Å². The Morgan fingerprint density at radius 1 is 1.06 bits per heavy atom. The van der Waals surface area contributed by atoms with E-state index in [2.05, 4.69) is 66.0 Å². The zero-order valence-corrected chi connectivity index (χ0v) is 12.9. The largest absolute Gasteiger partial charge is 0.454 e. The Balaban J connectivity index is 1.83. The Morgan fingerprint density at radius 2 is 1.78 bits per heavy atom. The first-order valence-corrected chi connectivity index (χ1v) is 7.27. The second kappa shape index (κ2) is 6.38. The number of hydrogen-bond acceptors (Lipinski definition) is 2. The van der Waals surface area contributed by atoms with Crippen molar-refractivity contribution in [2.45, 2.75) is 32.9 Å². The van der Waals surface area contributed by atoms with E-state index < -0.39 is 0 Å². The lowest BCUT2D eigenvalue weighted by Crippen LogP contribution is -2.12. The average molecular weight is 355 g/mol. The van der Waals surface area contributed by atoms with E-state index >= 15 is 0 Å². The smallest absolute Gasteiger partial charge is 0.164 e. The second-order valence-corrected chi connectivity index (χ2v) is 5.77. The van der Waals surface area contributed by atoms with Crippen molar-refractivity contribution in [2.75, 3.05) is 0 Å². The van der Waals surface area contributed by atoms with E-state index in [0.717, 1.165) is 22.6 Å². The number of halogens is 1. The van der Waals surface area contributed by atoms with Crippen molar-refractivity contribution in [3.63, 3.8) is 0 Å². The third kappa shape index (κ3) is 3.85. The van der Waals surface area contributed by atoms with E-state index in [1.165, 1.54) is 11.1 Å². The van der Waals surface area contributed by atoms with Crippen molar-refractivity contribution in [2.24, 2.45) is 0 Å². The van der Waals surface area contributed by atoms with Crippen LogP contribution in [0.1, 0.15) is 36.7 Å². The molecule has 0 unspecified atom stereocenters. The zero-order valence-electron chi connectivity index (χ0n) is 10.7. The molecule has 0 saturated carbocycles. The first-order chi connectivity index (χ1) is 8.65. The quantitative estimate of drug-likeness (QED) is 0.810. The maximum Gasteiger partial charge on any atom is 0.164 e. The average Bonchev–Trinajstić information content (AvgIpc) is 2.76. The van der Waals surface area contributed by atoms with E-state index in [9.17, 15) is 0 Å². The molecule has 0 atom stereocenters. The van der Waals surface area contributed by atoms with Gasteiger partial charge in [0.25, 0.3) is 0 Å². The van der Waals surface area contributed by atoms with Crippen molar-refractivity contribution < 1.29 is 4.42 Å². The van der Waals surface area contributed by atoms with Crippen molar-refractivity contribution >= 4 is 22.6 Å². The van der Waals surface area contributed by atoms with Crippen LogP contribution < -0.4 is 5.32 Å². The van der Waals surface area contributed by atoms with Crippen LogP contribution in [0, 0.1) is 3.77 Å². The van der Waals surface area contributed by atoms with Crippen LogP contribution in [0.15, 0.2) is 40.8 Å². The molecule has 1 aromatic heterocycles. The summed E-state index contributed by atoms with van der Waals surface area (Å²) < 4.78 is 6.43. The maximum atomic E-state index is 5.50. The molecule has 0 spiro atoms. The van der Waals surface area contributed by atoms with Gasteiger partial charge in [-0.05, 0) is 51.8 Å². The van der Waals surface area contributed by atoms with Crippen LogP contribution >= 0.6 is 22.6 Å². The van der Waals surface area contributed by atoms with Crippen LogP contribution in [0.2, 0.25) is 0 Å². The lowest BCUT2D eigenvalue weighted by atomic mass is 10.0. The third-order valence-electron chi connectivity index (χ3n) is 2.90. The molecule has 2 aromatic rings. The molecule has 1 heterocycles. The van der Waals surface area contributed by atoms with Gasteiger partial charge in [0.05, 0.1) is 6.54 Å². The summed E-state index contributed by atoms with van der Waals surface area (Å²) in [5.74, 6) is 1.58. The highest BCUT2D eigenvalue weighted by Crippen LogP contribution is 2.15. The molecule has 96 valence electrons. The topological polar surface area (TPSA) is 25.2 Å². The van der Waals surface area contributed by atoms with Crippen LogP contribution in [-0.4, -0.2) is 0 Å². The van der Waals surface area contributed by atoms with Gasteiger partial charge in [-0.2, -0.15) is 0 Å². The first kappa shape index (κ1) is 13.6. The number of benzene rings is 1. The summed E-state index contributed by atoms with van der Waals surface area (Å²) in [6.07, 6.45) is 0. The van der Waals surface area contributed by atoms with Crippen molar-refractivity contribution in [1.29, 1.82) is 0 Å². The highest BCUT2D eigenvalue weighted by molar-refractivity contribution is 14.1. The van der Waals surface area contributed by atoms with Crippen molar-refractivity contribution in [3.8, 4) is 0 Å². The van der Waals surface area contributed by atoms with Crippen LogP contribution in [0.25, 0.3) is 0 Å². The van der Waals surface area contributed by atoms with Gasteiger partial charge in [0.2, 0.25) is 0 Å². The van der Waals surface area contributed by atoms with Crippen LogP contribution in [0.5, 0.6) is 0 Å². The Morgan fingerprint density at radius 3 is 2.33 bits per heavy atom. The molecule has 0 amide bonds. The van der Waals surface area contributed by atoms with Gasteiger partial charge in [0.1, 0.15) is 5.76 Å². The Labute approximate surface area is 122 Å². The molecule has 0 fully saturated rings. The molecule has 0 radical (unpaired) electrons. The minimum absolute atomic E-state index is 0.595. The molecule has 0 aliphatic heterocycles. The number of nitrogens with one attached hydrogen (secondary N) is 1. The van der Waals surface area contributed by atoms with Gasteiger partial charge >= 0.3 is 0 Å². The third-order valence-corrected chi connectivity index (χ3v) is 3.48. The molecule has 1 aromatic carbocycles. The molecule has 3 heteroatoms. The van der Waals surface area contributed by atoms with E-state index in [0.29, 0.717) is 5.92 Å². The summed E-state index contributed by atoms with van der Waals surface area (Å²) in [7, 11) is 0. The SMILES string of the molecule is CC(C)c1ccc(CNCc2ccc(I)o2)cc1. The molecule has 0 aliphatic rings. The summed E-state index contributed by atoms with van der Waals surface area (Å²) in [5.41, 5.74) is 2.69. The summed E-state index contributed by atoms with van der Waals surface area (Å²) >= 11 is 2.18. The highest BCUT2D eigenvalue weighted by Gasteiger charge is 2.00. The fourth-order valence-corrected chi connectivity index (χ4v) is 2.26. The fourth-order valence-electron chi connectivity index (χ4n) is 1.80. The highest BCUT2D eigenvalue weighted by atomic mass is 127. The van der Waals surface area contributed by atoms with Crippen molar-refractivity contribution in [1.82, 2.24) is 5.32 Å². The summed E-state index contributed by atoms with van der Waals surface area (Å²) in [6, 6.07) is 12.8. The van der Waals surface area contributed by atoms with Crippen molar-refractivity contribution in [3.05, 3.63) is 57.1 Å². The summed E-state index contributed by atoms with van der Waals surface area (Å²) in [6.45, 7) is 6.07. The maximum absolute atomic E-state index is 5.50. The fraction of sp³-hybridized carbons (Fsp3) is 0.333. The monoisotopic (exact) mass is 355 g/mol. The molecule has 1 N–H and O–H groups in total. The van der Waals surface area contributed by atoms with Gasteiger partial charge in [-0.3, -0.25) is 0 Å². The summed E-state index contributed by atoms with van der Waals surface area (Å²) in [5, 5.41) is 3.38. The number of rotatable bonds is 5. The second-order valence-electron chi connectivity index (χ2n) is 4.71. The van der Waals surface area contributed by atoms with Gasteiger partial charge in [0, 0.05) is 6.54 Å². The van der Waals surface area contributed by atoms with E-state index in [-0.39, 0.29) is 0 Å². The predicted molar refractivity (Wildman–Crippen MR) is 82.5 cm³/mol. The molecule has 0 aliphatic carbocycles. The normalized spacial score (nSPS) is 11.1.